The van der Waals surface area contributed by atoms with Gasteiger partial charge in [-0.3, -0.25) is 0 Å². The Hall–Kier alpha value is -1.17. The van der Waals surface area contributed by atoms with Gasteiger partial charge in [0.2, 0.25) is 0 Å². The molecule has 3 N–H and O–H groups in total. The van der Waals surface area contributed by atoms with Gasteiger partial charge in [0.15, 0.2) is 0 Å². The van der Waals surface area contributed by atoms with Crippen LogP contribution in [0, 0.1) is 0 Å². The van der Waals surface area contributed by atoms with Crippen molar-refractivity contribution in [2.75, 3.05) is 38.3 Å². The van der Waals surface area contributed by atoms with Crippen LogP contribution < -0.4 is 10.6 Å². The number of aromatic nitrogens is 1. The number of aliphatic hydroxyl groups is 1. The average Bonchev–Trinajstić information content (AvgIpc) is 2.34. The number of anilines is 1. The molecule has 1 aromatic rings. The van der Waals surface area contributed by atoms with Gasteiger partial charge < -0.3 is 20.5 Å². The van der Waals surface area contributed by atoms with Gasteiger partial charge in [0.25, 0.3) is 0 Å². The fourth-order valence-corrected chi connectivity index (χ4v) is 1.52. The largest absolute Gasteiger partial charge is 0.395 e. The first-order valence-corrected chi connectivity index (χ1v) is 5.75. The minimum atomic E-state index is -0.0122. The van der Waals surface area contributed by atoms with Gasteiger partial charge in [-0.15, -0.1) is 0 Å². The Kier molecular flexibility index (Phi) is 5.90. The second kappa shape index (κ2) is 7.21. The Labute approximate surface area is 102 Å². The number of hydrogen-bond acceptors (Lipinski definition) is 5. The molecule has 0 spiro atoms. The van der Waals surface area contributed by atoms with Crippen molar-refractivity contribution in [2.24, 2.45) is 5.73 Å². The summed E-state index contributed by atoms with van der Waals surface area (Å²) in [6, 6.07) is 3.87. The number of pyridine rings is 1. The van der Waals surface area contributed by atoms with Crippen LogP contribution in [0.2, 0.25) is 0 Å². The van der Waals surface area contributed by atoms with Crippen molar-refractivity contribution < 1.29 is 9.84 Å². The summed E-state index contributed by atoms with van der Waals surface area (Å²) in [5, 5.41) is 9.01. The first-order chi connectivity index (χ1) is 8.19. The smallest absolute Gasteiger partial charge is 0.128 e. The molecular weight excluding hydrogens is 218 g/mol. The molecule has 0 aliphatic carbocycles. The number of nitrogens with zero attached hydrogens (tertiary/aromatic N) is 2. The summed E-state index contributed by atoms with van der Waals surface area (Å²) in [5.41, 5.74) is 6.77. The molecule has 0 aromatic carbocycles. The van der Waals surface area contributed by atoms with E-state index in [0.29, 0.717) is 19.7 Å². The highest BCUT2D eigenvalue weighted by Gasteiger charge is 2.07. The minimum Gasteiger partial charge on any atom is -0.395 e. The van der Waals surface area contributed by atoms with E-state index < -0.39 is 0 Å². The highest BCUT2D eigenvalue weighted by Crippen LogP contribution is 2.14. The number of methoxy groups -OCH3 is 1. The number of rotatable bonds is 7. The Morgan fingerprint density at radius 3 is 2.71 bits per heavy atom. The maximum Gasteiger partial charge on any atom is 0.128 e. The van der Waals surface area contributed by atoms with Crippen molar-refractivity contribution in [1.82, 2.24) is 4.98 Å². The standard InChI is InChI=1S/C12H21N3O2/c1-10(13)11-3-4-12(14-9-11)15(5-7-16)6-8-17-2/h3-4,9-10,16H,5-8,13H2,1-2H3/t10-/m0/s1. The third kappa shape index (κ3) is 4.30. The normalized spacial score (nSPS) is 12.5. The molecule has 0 amide bonds. The monoisotopic (exact) mass is 239 g/mol. The molecule has 0 aliphatic rings. The molecule has 5 nitrogen and oxygen atoms in total. The van der Waals surface area contributed by atoms with E-state index >= 15 is 0 Å². The van der Waals surface area contributed by atoms with E-state index in [1.807, 2.05) is 24.0 Å². The van der Waals surface area contributed by atoms with Crippen LogP contribution in [-0.2, 0) is 4.74 Å². The maximum atomic E-state index is 9.01. The zero-order valence-corrected chi connectivity index (χ0v) is 10.5. The molecule has 1 atom stereocenters. The van der Waals surface area contributed by atoms with Crippen LogP contribution in [0.15, 0.2) is 18.3 Å². The Morgan fingerprint density at radius 1 is 1.47 bits per heavy atom. The lowest BCUT2D eigenvalue weighted by atomic mass is 10.1. The Bertz CT molecular complexity index is 314. The van der Waals surface area contributed by atoms with Gasteiger partial charge >= 0.3 is 0 Å². The molecule has 1 rings (SSSR count). The van der Waals surface area contributed by atoms with Gasteiger partial charge in [0.05, 0.1) is 13.2 Å². The summed E-state index contributed by atoms with van der Waals surface area (Å²) in [5.74, 6) is 0.834. The van der Waals surface area contributed by atoms with Crippen LogP contribution in [0.1, 0.15) is 18.5 Å². The van der Waals surface area contributed by atoms with Crippen molar-refractivity contribution in [1.29, 1.82) is 0 Å². The lowest BCUT2D eigenvalue weighted by Crippen LogP contribution is -2.30. The van der Waals surface area contributed by atoms with Gasteiger partial charge in [-0.05, 0) is 18.6 Å². The SMILES string of the molecule is COCCN(CCO)c1ccc([C@H](C)N)cn1. The summed E-state index contributed by atoms with van der Waals surface area (Å²) >= 11 is 0. The first kappa shape index (κ1) is 13.9. The van der Waals surface area contributed by atoms with Gasteiger partial charge in [-0.25, -0.2) is 4.98 Å². The lowest BCUT2D eigenvalue weighted by Gasteiger charge is -2.22. The summed E-state index contributed by atoms with van der Waals surface area (Å²) in [4.78, 5) is 6.33. The summed E-state index contributed by atoms with van der Waals surface area (Å²) in [6.07, 6.45) is 1.77. The molecule has 0 saturated heterocycles. The molecule has 0 saturated carbocycles. The van der Waals surface area contributed by atoms with Crippen molar-refractivity contribution in [2.45, 2.75) is 13.0 Å². The predicted octanol–water partition coefficient (Wildman–Crippen LogP) is 0.546. The quantitative estimate of drug-likeness (QED) is 0.727. The van der Waals surface area contributed by atoms with Crippen LogP contribution in [0.3, 0.4) is 0 Å². The predicted molar refractivity (Wildman–Crippen MR) is 68.0 cm³/mol. The van der Waals surface area contributed by atoms with E-state index in [1.165, 1.54) is 0 Å². The summed E-state index contributed by atoms with van der Waals surface area (Å²) in [7, 11) is 1.66. The second-order valence-corrected chi connectivity index (χ2v) is 3.94. The third-order valence-corrected chi connectivity index (χ3v) is 2.56. The van der Waals surface area contributed by atoms with Crippen LogP contribution in [0.4, 0.5) is 5.82 Å². The van der Waals surface area contributed by atoms with Gasteiger partial charge in [-0.2, -0.15) is 0 Å². The van der Waals surface area contributed by atoms with Crippen LogP contribution in [-0.4, -0.2) is 43.5 Å². The van der Waals surface area contributed by atoms with E-state index in [0.717, 1.165) is 11.4 Å². The van der Waals surface area contributed by atoms with Gasteiger partial charge in [-0.1, -0.05) is 6.07 Å². The summed E-state index contributed by atoms with van der Waals surface area (Å²) in [6.45, 7) is 3.89. The molecule has 17 heavy (non-hydrogen) atoms. The average molecular weight is 239 g/mol. The molecule has 1 heterocycles. The van der Waals surface area contributed by atoms with E-state index in [-0.39, 0.29) is 12.6 Å². The highest BCUT2D eigenvalue weighted by atomic mass is 16.5. The van der Waals surface area contributed by atoms with E-state index in [2.05, 4.69) is 4.98 Å². The molecule has 5 heteroatoms. The first-order valence-electron chi connectivity index (χ1n) is 5.75. The summed E-state index contributed by atoms with van der Waals surface area (Å²) < 4.78 is 5.03. The van der Waals surface area contributed by atoms with Crippen molar-refractivity contribution in [3.05, 3.63) is 23.9 Å². The number of nitrogens with two attached hydrogens (primary N) is 1. The van der Waals surface area contributed by atoms with Gasteiger partial charge in [0, 0.05) is 32.4 Å². The topological polar surface area (TPSA) is 71.6 Å². The highest BCUT2D eigenvalue weighted by molar-refractivity contribution is 5.39. The van der Waals surface area contributed by atoms with E-state index in [1.54, 1.807) is 13.3 Å². The molecule has 96 valence electrons. The minimum absolute atomic E-state index is 0.0122. The molecule has 0 aliphatic heterocycles. The zero-order valence-electron chi connectivity index (χ0n) is 10.5. The molecule has 0 fully saturated rings. The van der Waals surface area contributed by atoms with Crippen LogP contribution >= 0.6 is 0 Å². The van der Waals surface area contributed by atoms with E-state index in [9.17, 15) is 0 Å². The Balaban J connectivity index is 2.72. The zero-order chi connectivity index (χ0) is 12.7. The van der Waals surface area contributed by atoms with Gasteiger partial charge in [0.1, 0.15) is 5.82 Å². The fourth-order valence-electron chi connectivity index (χ4n) is 1.52. The molecule has 0 bridgehead atoms. The fraction of sp³-hybridized carbons (Fsp3) is 0.583. The number of aliphatic hydroxyl groups excluding tert-OH is 1. The number of ether oxygens (including phenoxy) is 1. The number of hydrogen-bond donors (Lipinski definition) is 2. The third-order valence-electron chi connectivity index (χ3n) is 2.56. The molecule has 0 radical (unpaired) electrons. The van der Waals surface area contributed by atoms with E-state index in [4.69, 9.17) is 15.6 Å². The Morgan fingerprint density at radius 2 is 2.24 bits per heavy atom. The van der Waals surface area contributed by atoms with Crippen LogP contribution in [0.25, 0.3) is 0 Å². The lowest BCUT2D eigenvalue weighted by molar-refractivity contribution is 0.202. The second-order valence-electron chi connectivity index (χ2n) is 3.94. The van der Waals surface area contributed by atoms with Crippen LogP contribution in [0.5, 0.6) is 0 Å². The van der Waals surface area contributed by atoms with Crippen molar-refractivity contribution in [3.8, 4) is 0 Å². The molecule has 1 aromatic heterocycles. The van der Waals surface area contributed by atoms with Crippen molar-refractivity contribution in [3.63, 3.8) is 0 Å². The molecular formula is C12H21N3O2. The van der Waals surface area contributed by atoms with Crippen molar-refractivity contribution >= 4 is 5.82 Å². The molecule has 0 unspecified atom stereocenters. The maximum absolute atomic E-state index is 9.01.